The van der Waals surface area contributed by atoms with E-state index in [4.69, 9.17) is 10.7 Å². The summed E-state index contributed by atoms with van der Waals surface area (Å²) in [5, 5.41) is 0. The Morgan fingerprint density at radius 1 is 1.15 bits per heavy atom. The largest absolute Gasteiger partial charge is 0.398 e. The molecule has 0 radical (unpaired) electrons. The quantitative estimate of drug-likeness (QED) is 0.789. The highest BCUT2D eigenvalue weighted by atomic mass is 15.1. The smallest absolute Gasteiger partial charge is 0.137 e. The van der Waals surface area contributed by atoms with Crippen molar-refractivity contribution < 1.29 is 0 Å². The van der Waals surface area contributed by atoms with E-state index in [1.807, 2.05) is 44.6 Å². The predicted molar refractivity (Wildman–Crippen MR) is 80.2 cm³/mol. The lowest BCUT2D eigenvalue weighted by Gasteiger charge is -2.11. The average molecular weight is 267 g/mol. The first kappa shape index (κ1) is 12.6. The molecule has 0 aromatic carbocycles. The number of fused-ring (bicyclic) bond motifs is 1. The third-order valence-electron chi connectivity index (χ3n) is 3.16. The number of hydrogen-bond donors (Lipinski definition) is 1. The summed E-state index contributed by atoms with van der Waals surface area (Å²) in [4.78, 5) is 10.9. The Bertz CT molecular complexity index is 731. The van der Waals surface area contributed by atoms with Crippen molar-refractivity contribution >= 4 is 11.3 Å². The number of nitrogens with two attached hydrogens (primary N) is 1. The van der Waals surface area contributed by atoms with Gasteiger partial charge in [0, 0.05) is 36.4 Å². The van der Waals surface area contributed by atoms with Crippen molar-refractivity contribution in [1.29, 1.82) is 0 Å². The van der Waals surface area contributed by atoms with Gasteiger partial charge in [0.1, 0.15) is 5.65 Å². The Balaban J connectivity index is 2.25. The van der Waals surface area contributed by atoms with Crippen molar-refractivity contribution in [3.05, 3.63) is 48.5 Å². The van der Waals surface area contributed by atoms with Crippen LogP contribution in [0.15, 0.2) is 42.9 Å². The first-order valence-electron chi connectivity index (χ1n) is 6.47. The first-order valence-corrected chi connectivity index (χ1v) is 6.47. The molecule has 3 rings (SSSR count). The molecule has 0 aliphatic rings. The molecule has 0 unspecified atom stereocenters. The van der Waals surface area contributed by atoms with E-state index in [0.717, 1.165) is 34.8 Å². The van der Waals surface area contributed by atoms with Gasteiger partial charge in [0.25, 0.3) is 0 Å². The van der Waals surface area contributed by atoms with E-state index in [0.29, 0.717) is 0 Å². The lowest BCUT2D eigenvalue weighted by Crippen LogP contribution is -2.13. The van der Waals surface area contributed by atoms with Crippen LogP contribution in [0.25, 0.3) is 16.9 Å². The van der Waals surface area contributed by atoms with Crippen LogP contribution in [0, 0.1) is 0 Å². The molecule has 0 aliphatic carbocycles. The lowest BCUT2D eigenvalue weighted by atomic mass is 10.1. The zero-order valence-corrected chi connectivity index (χ0v) is 11.6. The highest BCUT2D eigenvalue weighted by Gasteiger charge is 2.14. The summed E-state index contributed by atoms with van der Waals surface area (Å²) in [6, 6.07) is 7.77. The average Bonchev–Trinajstić information content (AvgIpc) is 2.77. The number of nitrogens with zero attached hydrogens (tertiary/aromatic N) is 4. The Morgan fingerprint density at radius 3 is 2.60 bits per heavy atom. The lowest BCUT2D eigenvalue weighted by molar-refractivity contribution is 0.396. The summed E-state index contributed by atoms with van der Waals surface area (Å²) in [6.45, 7) is 0.794. The van der Waals surface area contributed by atoms with E-state index in [1.165, 1.54) is 0 Å². The number of aromatic nitrogens is 3. The van der Waals surface area contributed by atoms with Crippen molar-refractivity contribution in [2.75, 3.05) is 19.8 Å². The fourth-order valence-electron chi connectivity index (χ4n) is 2.30. The van der Waals surface area contributed by atoms with Crippen LogP contribution < -0.4 is 5.73 Å². The van der Waals surface area contributed by atoms with Gasteiger partial charge in [-0.2, -0.15) is 0 Å². The molecule has 0 saturated carbocycles. The molecular weight excluding hydrogens is 250 g/mol. The van der Waals surface area contributed by atoms with Crippen molar-refractivity contribution in [1.82, 2.24) is 19.3 Å². The fourth-order valence-corrected chi connectivity index (χ4v) is 2.30. The van der Waals surface area contributed by atoms with Gasteiger partial charge in [-0.05, 0) is 38.4 Å². The third kappa shape index (κ3) is 2.23. The van der Waals surface area contributed by atoms with Crippen LogP contribution in [0.2, 0.25) is 0 Å². The summed E-state index contributed by atoms with van der Waals surface area (Å²) in [5.41, 5.74) is 10.7. The van der Waals surface area contributed by atoms with Gasteiger partial charge in [-0.25, -0.2) is 4.98 Å². The molecule has 3 aromatic heterocycles. The Hall–Kier alpha value is -2.40. The van der Waals surface area contributed by atoms with E-state index < -0.39 is 0 Å². The second-order valence-corrected chi connectivity index (χ2v) is 5.07. The van der Waals surface area contributed by atoms with E-state index in [2.05, 4.69) is 14.3 Å². The third-order valence-corrected chi connectivity index (χ3v) is 3.16. The minimum absolute atomic E-state index is 0.733. The molecule has 5 heteroatoms. The highest BCUT2D eigenvalue weighted by molar-refractivity contribution is 5.67. The van der Waals surface area contributed by atoms with E-state index in [1.54, 1.807) is 12.4 Å². The molecule has 0 bridgehead atoms. The maximum Gasteiger partial charge on any atom is 0.137 e. The van der Waals surface area contributed by atoms with Crippen LogP contribution in [0.1, 0.15) is 5.69 Å². The molecule has 5 nitrogen and oxygen atoms in total. The van der Waals surface area contributed by atoms with Crippen LogP contribution >= 0.6 is 0 Å². The van der Waals surface area contributed by atoms with Crippen molar-refractivity contribution in [2.24, 2.45) is 0 Å². The second-order valence-electron chi connectivity index (χ2n) is 5.07. The fraction of sp³-hybridized carbons (Fsp3) is 0.200. The van der Waals surface area contributed by atoms with Crippen LogP contribution in [0.5, 0.6) is 0 Å². The molecule has 0 atom stereocenters. The second kappa shape index (κ2) is 4.94. The van der Waals surface area contributed by atoms with E-state index in [9.17, 15) is 0 Å². The minimum atomic E-state index is 0.733. The van der Waals surface area contributed by atoms with Crippen molar-refractivity contribution in [3.63, 3.8) is 0 Å². The SMILES string of the molecule is CN(C)Cc1c(-c2ccncc2)nc2ccc(N)cn12. The molecule has 3 aromatic rings. The number of hydrogen-bond acceptors (Lipinski definition) is 4. The molecule has 3 heterocycles. The number of pyridine rings is 2. The molecule has 0 aliphatic heterocycles. The summed E-state index contributed by atoms with van der Waals surface area (Å²) in [7, 11) is 4.09. The summed E-state index contributed by atoms with van der Waals surface area (Å²) < 4.78 is 2.06. The maximum absolute atomic E-state index is 5.90. The van der Waals surface area contributed by atoms with E-state index >= 15 is 0 Å². The summed E-state index contributed by atoms with van der Waals surface area (Å²) in [5.74, 6) is 0. The van der Waals surface area contributed by atoms with Gasteiger partial charge in [0.2, 0.25) is 0 Å². The Labute approximate surface area is 117 Å². The summed E-state index contributed by atoms with van der Waals surface area (Å²) >= 11 is 0. The first-order chi connectivity index (χ1) is 9.65. The van der Waals surface area contributed by atoms with Gasteiger partial charge in [-0.15, -0.1) is 0 Å². The Morgan fingerprint density at radius 2 is 1.90 bits per heavy atom. The number of rotatable bonds is 3. The van der Waals surface area contributed by atoms with Crippen LogP contribution in [0.3, 0.4) is 0 Å². The van der Waals surface area contributed by atoms with Gasteiger partial charge in [-0.3, -0.25) is 4.98 Å². The number of imidazole rings is 1. The van der Waals surface area contributed by atoms with Crippen LogP contribution in [-0.2, 0) is 6.54 Å². The number of anilines is 1. The minimum Gasteiger partial charge on any atom is -0.398 e. The zero-order chi connectivity index (χ0) is 14.1. The highest BCUT2D eigenvalue weighted by Crippen LogP contribution is 2.25. The molecule has 0 amide bonds. The van der Waals surface area contributed by atoms with Crippen LogP contribution in [0.4, 0.5) is 5.69 Å². The predicted octanol–water partition coefficient (Wildman–Crippen LogP) is 2.04. The van der Waals surface area contributed by atoms with Gasteiger partial charge >= 0.3 is 0 Å². The molecule has 0 spiro atoms. The molecule has 0 saturated heterocycles. The summed E-state index contributed by atoms with van der Waals surface area (Å²) in [6.07, 6.45) is 5.49. The monoisotopic (exact) mass is 267 g/mol. The van der Waals surface area contributed by atoms with Crippen LogP contribution in [-0.4, -0.2) is 33.4 Å². The van der Waals surface area contributed by atoms with Gasteiger partial charge in [0.05, 0.1) is 11.4 Å². The van der Waals surface area contributed by atoms with Crippen molar-refractivity contribution in [3.8, 4) is 11.3 Å². The zero-order valence-electron chi connectivity index (χ0n) is 11.6. The number of nitrogen functional groups attached to an aromatic ring is 1. The normalized spacial score (nSPS) is 11.3. The van der Waals surface area contributed by atoms with E-state index in [-0.39, 0.29) is 0 Å². The Kier molecular flexibility index (Phi) is 3.12. The molecule has 20 heavy (non-hydrogen) atoms. The van der Waals surface area contributed by atoms with Crippen molar-refractivity contribution in [2.45, 2.75) is 6.54 Å². The standard InChI is InChI=1S/C15H17N5/c1-19(2)10-13-15(11-5-7-17-8-6-11)18-14-4-3-12(16)9-20(13)14/h3-9H,10,16H2,1-2H3. The molecule has 102 valence electrons. The maximum atomic E-state index is 5.90. The molecular formula is C15H17N5. The van der Waals surface area contributed by atoms with Gasteiger partial charge in [0.15, 0.2) is 0 Å². The van der Waals surface area contributed by atoms with Gasteiger partial charge < -0.3 is 15.0 Å². The molecule has 0 fully saturated rings. The molecule has 2 N–H and O–H groups in total. The topological polar surface area (TPSA) is 59.5 Å². The van der Waals surface area contributed by atoms with Gasteiger partial charge in [-0.1, -0.05) is 0 Å².